The van der Waals surface area contributed by atoms with Crippen molar-refractivity contribution < 1.29 is 0 Å². The third-order valence-corrected chi connectivity index (χ3v) is 2.01. The monoisotopic (exact) mass is 225 g/mol. The molecule has 5 heteroatoms. The van der Waals surface area contributed by atoms with Crippen LogP contribution in [0.5, 0.6) is 0 Å². The van der Waals surface area contributed by atoms with Gasteiger partial charge in [-0.2, -0.15) is 4.98 Å². The average molecular weight is 226 g/mol. The molecule has 0 aliphatic heterocycles. The molecule has 0 fully saturated rings. The molecule has 2 rings (SSSR count). The number of fused-ring (bicyclic) bond motifs is 1. The maximum Gasteiger partial charge on any atom is 0.346 e. The van der Waals surface area contributed by atoms with Gasteiger partial charge in [0.25, 0.3) is 0 Å². The molecule has 0 unspecified atom stereocenters. The Kier molecular flexibility index (Phi) is 1.65. The molecular formula is C7H4BrN3O. The third kappa shape index (κ3) is 1.12. The molecule has 12 heavy (non-hydrogen) atoms. The fourth-order valence-corrected chi connectivity index (χ4v) is 1.42. The summed E-state index contributed by atoms with van der Waals surface area (Å²) in [4.78, 5) is 21.2. The zero-order valence-corrected chi connectivity index (χ0v) is 7.50. The molecule has 0 radical (unpaired) electrons. The molecule has 0 bridgehead atoms. The van der Waals surface area contributed by atoms with Gasteiger partial charge in [-0.3, -0.25) is 9.97 Å². The summed E-state index contributed by atoms with van der Waals surface area (Å²) in [6.45, 7) is 0. The minimum Gasteiger partial charge on any atom is -0.298 e. The second-order valence-electron chi connectivity index (χ2n) is 2.23. The van der Waals surface area contributed by atoms with Crippen LogP contribution in [0.1, 0.15) is 0 Å². The van der Waals surface area contributed by atoms with Gasteiger partial charge >= 0.3 is 5.69 Å². The predicted molar refractivity (Wildman–Crippen MR) is 47.9 cm³/mol. The van der Waals surface area contributed by atoms with Crippen molar-refractivity contribution in [1.29, 1.82) is 0 Å². The van der Waals surface area contributed by atoms with Crippen LogP contribution in [-0.2, 0) is 0 Å². The highest BCUT2D eigenvalue weighted by Crippen LogP contribution is 2.13. The van der Waals surface area contributed by atoms with Gasteiger partial charge in [0.2, 0.25) is 0 Å². The van der Waals surface area contributed by atoms with Gasteiger partial charge in [-0.15, -0.1) is 0 Å². The van der Waals surface area contributed by atoms with Crippen molar-refractivity contribution in [1.82, 2.24) is 15.0 Å². The zero-order valence-electron chi connectivity index (χ0n) is 5.91. The Hall–Kier alpha value is -1.23. The summed E-state index contributed by atoms with van der Waals surface area (Å²) in [6, 6.07) is 3.48. The summed E-state index contributed by atoms with van der Waals surface area (Å²) in [5, 5.41) is 0. The van der Waals surface area contributed by atoms with Crippen LogP contribution in [0.3, 0.4) is 0 Å². The Morgan fingerprint density at radius 3 is 3.17 bits per heavy atom. The van der Waals surface area contributed by atoms with E-state index in [1.165, 1.54) is 0 Å². The standard InChI is InChI=1S/C7H4BrN3O/c8-6-5-4(2-1-3-9-5)10-7(12)11-6/h1-3H,(H,10,11,12). The summed E-state index contributed by atoms with van der Waals surface area (Å²) < 4.78 is 0.568. The van der Waals surface area contributed by atoms with Crippen LogP contribution in [0.25, 0.3) is 11.0 Å². The lowest BCUT2D eigenvalue weighted by atomic mass is 10.4. The predicted octanol–water partition coefficient (Wildman–Crippen LogP) is 1.08. The zero-order chi connectivity index (χ0) is 8.55. The Labute approximate surface area is 75.8 Å². The molecule has 0 aliphatic carbocycles. The molecule has 60 valence electrons. The van der Waals surface area contributed by atoms with Crippen molar-refractivity contribution in [3.8, 4) is 0 Å². The summed E-state index contributed by atoms with van der Waals surface area (Å²) >= 11 is 3.19. The fourth-order valence-electron chi connectivity index (χ4n) is 0.947. The number of nitrogens with one attached hydrogen (secondary N) is 1. The molecular weight excluding hydrogens is 222 g/mol. The van der Waals surface area contributed by atoms with Crippen LogP contribution in [0, 0.1) is 0 Å². The van der Waals surface area contributed by atoms with Gasteiger partial charge < -0.3 is 0 Å². The number of hydrogen-bond donors (Lipinski definition) is 1. The number of pyridine rings is 1. The number of aromatic nitrogens is 3. The van der Waals surface area contributed by atoms with Crippen LogP contribution in [0.15, 0.2) is 27.7 Å². The van der Waals surface area contributed by atoms with E-state index in [4.69, 9.17) is 0 Å². The second kappa shape index (κ2) is 2.67. The topological polar surface area (TPSA) is 58.6 Å². The lowest BCUT2D eigenvalue weighted by Gasteiger charge is -1.95. The summed E-state index contributed by atoms with van der Waals surface area (Å²) in [6.07, 6.45) is 1.65. The molecule has 0 saturated heterocycles. The normalized spacial score (nSPS) is 10.4. The quantitative estimate of drug-likeness (QED) is 0.683. The lowest BCUT2D eigenvalue weighted by molar-refractivity contribution is 1.08. The van der Waals surface area contributed by atoms with E-state index in [1.807, 2.05) is 0 Å². The van der Waals surface area contributed by atoms with E-state index >= 15 is 0 Å². The van der Waals surface area contributed by atoms with Crippen LogP contribution in [0.4, 0.5) is 0 Å². The van der Waals surface area contributed by atoms with Crippen molar-refractivity contribution >= 4 is 27.0 Å². The first-order chi connectivity index (χ1) is 5.77. The van der Waals surface area contributed by atoms with Gasteiger partial charge in [0.15, 0.2) is 0 Å². The summed E-state index contributed by atoms with van der Waals surface area (Å²) in [5.74, 6) is 0. The largest absolute Gasteiger partial charge is 0.346 e. The first-order valence-corrected chi connectivity index (χ1v) is 4.07. The number of halogens is 1. The minimum atomic E-state index is -0.373. The van der Waals surface area contributed by atoms with Crippen LogP contribution >= 0.6 is 15.9 Å². The molecule has 0 saturated carbocycles. The fraction of sp³-hybridized carbons (Fsp3) is 0. The minimum absolute atomic E-state index is 0.373. The van der Waals surface area contributed by atoms with Gasteiger partial charge in [0, 0.05) is 6.20 Å². The van der Waals surface area contributed by atoms with Crippen molar-refractivity contribution in [2.75, 3.05) is 0 Å². The maximum atomic E-state index is 10.9. The highest BCUT2D eigenvalue weighted by Gasteiger charge is 2.00. The Bertz CT molecular complexity index is 479. The Balaban J connectivity index is 2.99. The molecule has 2 heterocycles. The van der Waals surface area contributed by atoms with Gasteiger partial charge in [0.1, 0.15) is 10.1 Å². The first-order valence-electron chi connectivity index (χ1n) is 3.28. The van der Waals surface area contributed by atoms with Crippen molar-refractivity contribution in [2.24, 2.45) is 0 Å². The third-order valence-electron chi connectivity index (χ3n) is 1.43. The molecule has 0 amide bonds. The van der Waals surface area contributed by atoms with Crippen molar-refractivity contribution in [3.05, 3.63) is 33.4 Å². The molecule has 0 spiro atoms. The molecule has 1 N–H and O–H groups in total. The van der Waals surface area contributed by atoms with E-state index < -0.39 is 0 Å². The number of H-pyrrole nitrogens is 1. The van der Waals surface area contributed by atoms with Gasteiger partial charge in [-0.1, -0.05) is 0 Å². The number of hydrogen-bond acceptors (Lipinski definition) is 3. The smallest absolute Gasteiger partial charge is 0.298 e. The highest BCUT2D eigenvalue weighted by molar-refractivity contribution is 9.10. The molecule has 0 aliphatic rings. The maximum absolute atomic E-state index is 10.9. The van der Waals surface area contributed by atoms with E-state index in [2.05, 4.69) is 30.9 Å². The van der Waals surface area contributed by atoms with Gasteiger partial charge in [0.05, 0.1) is 5.52 Å². The molecule has 0 aromatic carbocycles. The van der Waals surface area contributed by atoms with Crippen LogP contribution < -0.4 is 5.69 Å². The van der Waals surface area contributed by atoms with Gasteiger partial charge in [-0.05, 0) is 28.1 Å². The number of nitrogens with zero attached hydrogens (tertiary/aromatic N) is 2. The van der Waals surface area contributed by atoms with Crippen LogP contribution in [0.2, 0.25) is 0 Å². The summed E-state index contributed by atoms with van der Waals surface area (Å²) in [7, 11) is 0. The first kappa shape index (κ1) is 7.42. The lowest BCUT2D eigenvalue weighted by Crippen LogP contribution is -2.10. The molecule has 2 aromatic heterocycles. The SMILES string of the molecule is O=c1nc2cccnc2c(Br)[nH]1. The number of aromatic amines is 1. The molecule has 0 atom stereocenters. The molecule has 2 aromatic rings. The van der Waals surface area contributed by atoms with Crippen molar-refractivity contribution in [2.45, 2.75) is 0 Å². The second-order valence-corrected chi connectivity index (χ2v) is 3.02. The Morgan fingerprint density at radius 2 is 2.33 bits per heavy atom. The van der Waals surface area contributed by atoms with E-state index in [9.17, 15) is 4.79 Å². The average Bonchev–Trinajstić information content (AvgIpc) is 2.04. The summed E-state index contributed by atoms with van der Waals surface area (Å²) in [5.41, 5.74) is 0.882. The van der Waals surface area contributed by atoms with E-state index in [1.54, 1.807) is 18.3 Å². The van der Waals surface area contributed by atoms with Gasteiger partial charge in [-0.25, -0.2) is 4.79 Å². The van der Waals surface area contributed by atoms with E-state index in [0.29, 0.717) is 15.6 Å². The Morgan fingerprint density at radius 1 is 1.50 bits per heavy atom. The van der Waals surface area contributed by atoms with Crippen LogP contribution in [-0.4, -0.2) is 15.0 Å². The number of rotatable bonds is 0. The van der Waals surface area contributed by atoms with E-state index in [0.717, 1.165) is 0 Å². The molecule has 4 nitrogen and oxygen atoms in total. The van der Waals surface area contributed by atoms with Crippen molar-refractivity contribution in [3.63, 3.8) is 0 Å². The van der Waals surface area contributed by atoms with E-state index in [-0.39, 0.29) is 5.69 Å². The highest BCUT2D eigenvalue weighted by atomic mass is 79.9.